The van der Waals surface area contributed by atoms with Gasteiger partial charge in [-0.3, -0.25) is 9.69 Å². The fourth-order valence-corrected chi connectivity index (χ4v) is 2.90. The van der Waals surface area contributed by atoms with E-state index in [2.05, 4.69) is 44.9 Å². The van der Waals surface area contributed by atoms with Gasteiger partial charge < -0.3 is 4.90 Å². The molecule has 1 saturated heterocycles. The molecule has 0 radical (unpaired) electrons. The first-order chi connectivity index (χ1) is 9.49. The number of amides is 1. The topological polar surface area (TPSA) is 23.6 Å². The number of hydrogen-bond acceptors (Lipinski definition) is 2. The number of nitrogens with zero attached hydrogens (tertiary/aromatic N) is 2. The van der Waals surface area contributed by atoms with Crippen molar-refractivity contribution in [3.8, 4) is 0 Å². The first-order valence-electron chi connectivity index (χ1n) is 7.53. The molecule has 2 unspecified atom stereocenters. The molecular formula is C17H26N2O. The van der Waals surface area contributed by atoms with Crippen molar-refractivity contribution in [3.63, 3.8) is 0 Å². The summed E-state index contributed by atoms with van der Waals surface area (Å²) in [6.07, 6.45) is 1.47. The number of piperazine rings is 1. The molecule has 0 aliphatic carbocycles. The molecule has 0 bridgehead atoms. The van der Waals surface area contributed by atoms with Crippen LogP contribution >= 0.6 is 0 Å². The van der Waals surface area contributed by atoms with Crippen molar-refractivity contribution in [2.24, 2.45) is 0 Å². The second-order valence-corrected chi connectivity index (χ2v) is 6.09. The predicted molar refractivity (Wildman–Crippen MR) is 82.8 cm³/mol. The molecule has 0 saturated carbocycles. The second kappa shape index (κ2) is 6.40. The average Bonchev–Trinajstić information content (AvgIpc) is 2.43. The van der Waals surface area contributed by atoms with Crippen LogP contribution in [0.15, 0.2) is 24.3 Å². The largest absolute Gasteiger partial charge is 0.340 e. The Kier molecular flexibility index (Phi) is 4.81. The highest BCUT2D eigenvalue weighted by molar-refractivity contribution is 5.76. The highest BCUT2D eigenvalue weighted by Crippen LogP contribution is 2.16. The van der Waals surface area contributed by atoms with Gasteiger partial charge in [0.25, 0.3) is 0 Å². The van der Waals surface area contributed by atoms with Crippen molar-refractivity contribution < 1.29 is 4.79 Å². The molecule has 1 amide bonds. The van der Waals surface area contributed by atoms with Gasteiger partial charge in [0.2, 0.25) is 5.91 Å². The molecular weight excluding hydrogens is 248 g/mol. The van der Waals surface area contributed by atoms with E-state index in [1.165, 1.54) is 11.1 Å². The SMILES string of the molecule is Cc1ccccc1CCC(=O)N1CC(C)N(C)C(C)C1. The minimum Gasteiger partial charge on any atom is -0.340 e. The molecule has 2 rings (SSSR count). The summed E-state index contributed by atoms with van der Waals surface area (Å²) in [6, 6.07) is 9.22. The summed E-state index contributed by atoms with van der Waals surface area (Å²) in [4.78, 5) is 16.8. The molecule has 3 heteroatoms. The van der Waals surface area contributed by atoms with Crippen LogP contribution in [0.2, 0.25) is 0 Å². The van der Waals surface area contributed by atoms with Gasteiger partial charge in [-0.25, -0.2) is 0 Å². The molecule has 0 N–H and O–H groups in total. The zero-order chi connectivity index (χ0) is 14.7. The molecule has 2 atom stereocenters. The summed E-state index contributed by atoms with van der Waals surface area (Å²) >= 11 is 0. The molecule has 1 aliphatic rings. The van der Waals surface area contributed by atoms with Crippen LogP contribution in [-0.2, 0) is 11.2 Å². The van der Waals surface area contributed by atoms with Crippen molar-refractivity contribution in [2.75, 3.05) is 20.1 Å². The lowest BCUT2D eigenvalue weighted by Crippen LogP contribution is -2.56. The van der Waals surface area contributed by atoms with Crippen LogP contribution in [0.25, 0.3) is 0 Å². The number of hydrogen-bond donors (Lipinski definition) is 0. The summed E-state index contributed by atoms with van der Waals surface area (Å²) in [5.41, 5.74) is 2.57. The Morgan fingerprint density at radius 1 is 1.20 bits per heavy atom. The fourth-order valence-electron chi connectivity index (χ4n) is 2.90. The number of aryl methyl sites for hydroxylation is 2. The normalized spacial score (nSPS) is 23.9. The number of rotatable bonds is 3. The summed E-state index contributed by atoms with van der Waals surface area (Å²) in [5.74, 6) is 0.292. The molecule has 1 aliphatic heterocycles. The lowest BCUT2D eigenvalue weighted by atomic mass is 10.0. The quantitative estimate of drug-likeness (QED) is 0.845. The van der Waals surface area contributed by atoms with Crippen LogP contribution in [0.1, 0.15) is 31.4 Å². The second-order valence-electron chi connectivity index (χ2n) is 6.09. The highest BCUT2D eigenvalue weighted by atomic mass is 16.2. The third kappa shape index (κ3) is 3.40. The number of carbonyl (C=O) groups excluding carboxylic acids is 1. The van der Waals surface area contributed by atoms with E-state index in [0.717, 1.165) is 19.5 Å². The summed E-state index contributed by atoms with van der Waals surface area (Å²) in [6.45, 7) is 8.20. The average molecular weight is 274 g/mol. The molecule has 0 spiro atoms. The maximum absolute atomic E-state index is 12.4. The lowest BCUT2D eigenvalue weighted by molar-refractivity contribution is -0.135. The third-order valence-electron chi connectivity index (χ3n) is 4.58. The molecule has 110 valence electrons. The van der Waals surface area contributed by atoms with Crippen LogP contribution in [0.4, 0.5) is 0 Å². The predicted octanol–water partition coefficient (Wildman–Crippen LogP) is 2.48. The number of carbonyl (C=O) groups is 1. The number of benzene rings is 1. The zero-order valence-corrected chi connectivity index (χ0v) is 13.1. The third-order valence-corrected chi connectivity index (χ3v) is 4.58. The smallest absolute Gasteiger partial charge is 0.223 e. The van der Waals surface area contributed by atoms with Gasteiger partial charge in [-0.2, -0.15) is 0 Å². The summed E-state index contributed by atoms with van der Waals surface area (Å²) in [5, 5.41) is 0. The first kappa shape index (κ1) is 15.0. The highest BCUT2D eigenvalue weighted by Gasteiger charge is 2.28. The Balaban J connectivity index is 1.91. The van der Waals surface area contributed by atoms with Gasteiger partial charge in [-0.1, -0.05) is 24.3 Å². The van der Waals surface area contributed by atoms with Crippen LogP contribution in [0.5, 0.6) is 0 Å². The van der Waals surface area contributed by atoms with E-state index in [9.17, 15) is 4.79 Å². The minimum atomic E-state index is 0.292. The Hall–Kier alpha value is -1.35. The fraction of sp³-hybridized carbons (Fsp3) is 0.588. The monoisotopic (exact) mass is 274 g/mol. The van der Waals surface area contributed by atoms with Gasteiger partial charge in [0.1, 0.15) is 0 Å². The molecule has 0 aromatic heterocycles. The van der Waals surface area contributed by atoms with Crippen molar-refractivity contribution in [3.05, 3.63) is 35.4 Å². The van der Waals surface area contributed by atoms with Crippen molar-refractivity contribution in [1.29, 1.82) is 0 Å². The summed E-state index contributed by atoms with van der Waals surface area (Å²) in [7, 11) is 2.14. The van der Waals surface area contributed by atoms with Gasteiger partial charge >= 0.3 is 0 Å². The minimum absolute atomic E-state index is 0.292. The van der Waals surface area contributed by atoms with Crippen molar-refractivity contribution >= 4 is 5.91 Å². The number of likely N-dealkylation sites (N-methyl/N-ethyl adjacent to an activating group) is 1. The van der Waals surface area contributed by atoms with E-state index < -0.39 is 0 Å². The zero-order valence-electron chi connectivity index (χ0n) is 13.1. The van der Waals surface area contributed by atoms with E-state index in [4.69, 9.17) is 0 Å². The Labute approximate surface area is 122 Å². The van der Waals surface area contributed by atoms with E-state index in [-0.39, 0.29) is 0 Å². The van der Waals surface area contributed by atoms with Crippen molar-refractivity contribution in [2.45, 2.75) is 45.7 Å². The standard InChI is InChI=1S/C17H26N2O/c1-13-7-5-6-8-16(13)9-10-17(20)19-11-14(2)18(4)15(3)12-19/h5-8,14-15H,9-12H2,1-4H3. The molecule has 1 fully saturated rings. The van der Waals surface area contributed by atoms with Crippen LogP contribution in [-0.4, -0.2) is 47.9 Å². The molecule has 20 heavy (non-hydrogen) atoms. The summed E-state index contributed by atoms with van der Waals surface area (Å²) < 4.78 is 0. The van der Waals surface area contributed by atoms with Gasteiger partial charge in [-0.05, 0) is 45.4 Å². The van der Waals surface area contributed by atoms with Crippen LogP contribution < -0.4 is 0 Å². The van der Waals surface area contributed by atoms with Crippen LogP contribution in [0, 0.1) is 6.92 Å². The van der Waals surface area contributed by atoms with Gasteiger partial charge in [0, 0.05) is 31.6 Å². The Morgan fingerprint density at radius 2 is 1.80 bits per heavy atom. The maximum atomic E-state index is 12.4. The van der Waals surface area contributed by atoms with E-state index >= 15 is 0 Å². The maximum Gasteiger partial charge on any atom is 0.223 e. The molecule has 1 aromatic rings. The van der Waals surface area contributed by atoms with Gasteiger partial charge in [0.15, 0.2) is 0 Å². The molecule has 3 nitrogen and oxygen atoms in total. The lowest BCUT2D eigenvalue weighted by Gasteiger charge is -2.42. The van der Waals surface area contributed by atoms with E-state index in [0.29, 0.717) is 24.4 Å². The Bertz CT molecular complexity index is 460. The molecule has 1 heterocycles. The van der Waals surface area contributed by atoms with Crippen LogP contribution in [0.3, 0.4) is 0 Å². The van der Waals surface area contributed by atoms with E-state index in [1.807, 2.05) is 17.0 Å². The van der Waals surface area contributed by atoms with Gasteiger partial charge in [-0.15, -0.1) is 0 Å². The molecule has 1 aromatic carbocycles. The Morgan fingerprint density at radius 3 is 2.40 bits per heavy atom. The van der Waals surface area contributed by atoms with E-state index in [1.54, 1.807) is 0 Å². The first-order valence-corrected chi connectivity index (χ1v) is 7.53. The van der Waals surface area contributed by atoms with Gasteiger partial charge in [0.05, 0.1) is 0 Å². The van der Waals surface area contributed by atoms with Crippen molar-refractivity contribution in [1.82, 2.24) is 9.80 Å².